The van der Waals surface area contributed by atoms with E-state index >= 15 is 0 Å². The highest BCUT2D eigenvalue weighted by atomic mass is 16.5. The van der Waals surface area contributed by atoms with Crippen molar-refractivity contribution in [1.29, 1.82) is 0 Å². The molecule has 0 unspecified atom stereocenters. The van der Waals surface area contributed by atoms with Crippen molar-refractivity contribution in [1.82, 2.24) is 20.3 Å². The number of nitrogens with zero attached hydrogens (tertiary/aromatic N) is 2. The van der Waals surface area contributed by atoms with Gasteiger partial charge < -0.3 is 14.6 Å². The summed E-state index contributed by atoms with van der Waals surface area (Å²) in [7, 11) is 1.67. The number of carbonyl (C=O) groups is 4. The maximum Gasteiger partial charge on any atom is 0.355 e. The zero-order chi connectivity index (χ0) is 18.9. The molecular formula is C17H22N4O5. The van der Waals surface area contributed by atoms with Gasteiger partial charge in [0.25, 0.3) is 11.8 Å². The van der Waals surface area contributed by atoms with Crippen LogP contribution in [0.4, 0.5) is 4.79 Å². The molecule has 26 heavy (non-hydrogen) atoms. The molecule has 2 heterocycles. The Balaban J connectivity index is 1.56. The van der Waals surface area contributed by atoms with E-state index in [-0.39, 0.29) is 0 Å². The number of urea groups is 1. The Kier molecular flexibility index (Phi) is 4.71. The number of ether oxygens (including phenoxy) is 1. The van der Waals surface area contributed by atoms with Crippen molar-refractivity contribution in [2.24, 2.45) is 13.0 Å². The monoisotopic (exact) mass is 362 g/mol. The van der Waals surface area contributed by atoms with Gasteiger partial charge in [0.15, 0.2) is 6.61 Å². The predicted octanol–water partition coefficient (Wildman–Crippen LogP) is 0.714. The highest BCUT2D eigenvalue weighted by Gasteiger charge is 2.52. The molecule has 3 rings (SSSR count). The Hall–Kier alpha value is -2.84. The van der Waals surface area contributed by atoms with Crippen LogP contribution in [-0.4, -0.2) is 45.5 Å². The third-order valence-corrected chi connectivity index (χ3v) is 5.01. The van der Waals surface area contributed by atoms with Gasteiger partial charge in [-0.05, 0) is 43.7 Å². The lowest BCUT2D eigenvalue weighted by Gasteiger charge is -2.33. The summed E-state index contributed by atoms with van der Waals surface area (Å²) >= 11 is 0. The van der Waals surface area contributed by atoms with Gasteiger partial charge in [0.1, 0.15) is 11.2 Å². The summed E-state index contributed by atoms with van der Waals surface area (Å²) < 4.78 is 6.48. The molecule has 1 saturated carbocycles. The van der Waals surface area contributed by atoms with Gasteiger partial charge >= 0.3 is 12.0 Å². The number of esters is 1. The van der Waals surface area contributed by atoms with E-state index in [2.05, 4.69) is 17.7 Å². The molecule has 9 nitrogen and oxygen atoms in total. The van der Waals surface area contributed by atoms with Crippen LogP contribution in [0.2, 0.25) is 0 Å². The van der Waals surface area contributed by atoms with E-state index in [0.717, 1.165) is 12.8 Å². The summed E-state index contributed by atoms with van der Waals surface area (Å²) in [5, 5.41) is 3.39. The molecule has 1 aliphatic heterocycles. The lowest BCUT2D eigenvalue weighted by atomic mass is 9.77. The summed E-state index contributed by atoms with van der Waals surface area (Å²) in [6.07, 6.45) is 4.44. The van der Waals surface area contributed by atoms with Crippen LogP contribution < -0.4 is 10.7 Å². The zero-order valence-electron chi connectivity index (χ0n) is 14.8. The third kappa shape index (κ3) is 3.29. The second-order valence-corrected chi connectivity index (χ2v) is 6.95. The van der Waals surface area contributed by atoms with E-state index in [0.29, 0.717) is 29.5 Å². The van der Waals surface area contributed by atoms with Crippen LogP contribution in [0.25, 0.3) is 0 Å². The fourth-order valence-electron chi connectivity index (χ4n) is 3.35. The van der Waals surface area contributed by atoms with Crippen LogP contribution in [0.15, 0.2) is 18.3 Å². The molecule has 1 aromatic rings. The molecule has 2 aliphatic rings. The van der Waals surface area contributed by atoms with Crippen molar-refractivity contribution in [3.8, 4) is 0 Å². The summed E-state index contributed by atoms with van der Waals surface area (Å²) in [6, 6.07) is 2.58. The number of aryl methyl sites for hydroxylation is 1. The first-order chi connectivity index (χ1) is 12.3. The second-order valence-electron chi connectivity index (χ2n) is 6.95. The lowest BCUT2D eigenvalue weighted by Crippen LogP contribution is -2.52. The number of aromatic nitrogens is 1. The molecule has 1 saturated heterocycles. The number of amides is 4. The molecule has 4 amide bonds. The van der Waals surface area contributed by atoms with Gasteiger partial charge in [-0.3, -0.25) is 15.0 Å². The van der Waals surface area contributed by atoms with Gasteiger partial charge in [-0.2, -0.15) is 5.01 Å². The highest BCUT2D eigenvalue weighted by Crippen LogP contribution is 2.35. The minimum atomic E-state index is -0.934. The Bertz CT molecular complexity index is 748. The number of hydrogen-bond acceptors (Lipinski definition) is 5. The summed E-state index contributed by atoms with van der Waals surface area (Å²) in [6.45, 7) is 1.51. The van der Waals surface area contributed by atoms with Crippen LogP contribution >= 0.6 is 0 Å². The highest BCUT2D eigenvalue weighted by molar-refractivity contribution is 6.08. The van der Waals surface area contributed by atoms with E-state index in [1.807, 2.05) is 0 Å². The molecule has 2 N–H and O–H groups in total. The number of hydrogen-bond donors (Lipinski definition) is 2. The Morgan fingerprint density at radius 1 is 1.35 bits per heavy atom. The first-order valence-electron chi connectivity index (χ1n) is 8.57. The molecule has 2 fully saturated rings. The van der Waals surface area contributed by atoms with E-state index in [1.54, 1.807) is 29.9 Å². The minimum absolute atomic E-state index is 0.295. The van der Waals surface area contributed by atoms with Crippen molar-refractivity contribution in [3.63, 3.8) is 0 Å². The molecular weight excluding hydrogens is 340 g/mol. The van der Waals surface area contributed by atoms with Crippen molar-refractivity contribution in [3.05, 3.63) is 24.0 Å². The van der Waals surface area contributed by atoms with Gasteiger partial charge in [0.2, 0.25) is 0 Å². The molecule has 140 valence electrons. The standard InChI is InChI=1S/C17H22N4O5/c1-11-5-7-17(8-6-11)15(24)21(16(25)18-17)19-13(22)10-26-14(23)12-4-3-9-20(12)2/h3-4,9,11H,5-8,10H2,1-2H3,(H,18,25)(H,19,22). The van der Waals surface area contributed by atoms with Crippen LogP contribution in [0.1, 0.15) is 43.1 Å². The largest absolute Gasteiger partial charge is 0.451 e. The van der Waals surface area contributed by atoms with E-state index in [9.17, 15) is 19.2 Å². The van der Waals surface area contributed by atoms with E-state index < -0.39 is 36.0 Å². The van der Waals surface area contributed by atoms with Crippen molar-refractivity contribution >= 4 is 23.8 Å². The maximum absolute atomic E-state index is 12.6. The van der Waals surface area contributed by atoms with Crippen LogP contribution in [0, 0.1) is 5.92 Å². The lowest BCUT2D eigenvalue weighted by molar-refractivity contribution is -0.141. The molecule has 0 atom stereocenters. The minimum Gasteiger partial charge on any atom is -0.451 e. The van der Waals surface area contributed by atoms with E-state index in [4.69, 9.17) is 4.74 Å². The van der Waals surface area contributed by atoms with Gasteiger partial charge in [0.05, 0.1) is 0 Å². The topological polar surface area (TPSA) is 110 Å². The molecule has 1 aliphatic carbocycles. The Morgan fingerprint density at radius 2 is 2.04 bits per heavy atom. The van der Waals surface area contributed by atoms with Gasteiger partial charge in [-0.15, -0.1) is 0 Å². The van der Waals surface area contributed by atoms with Crippen molar-refractivity contribution < 1.29 is 23.9 Å². The fourth-order valence-corrected chi connectivity index (χ4v) is 3.35. The predicted molar refractivity (Wildman–Crippen MR) is 89.6 cm³/mol. The normalized spacial score (nSPS) is 25.3. The quantitative estimate of drug-likeness (QED) is 0.606. The number of hydrazine groups is 1. The van der Waals surface area contributed by atoms with Crippen LogP contribution in [0.5, 0.6) is 0 Å². The van der Waals surface area contributed by atoms with Crippen LogP contribution in [-0.2, 0) is 21.4 Å². The molecule has 1 spiro atoms. The average Bonchev–Trinajstić information content (AvgIpc) is 3.13. The van der Waals surface area contributed by atoms with Crippen molar-refractivity contribution in [2.45, 2.75) is 38.1 Å². The first-order valence-corrected chi connectivity index (χ1v) is 8.57. The number of rotatable bonds is 4. The molecule has 9 heteroatoms. The molecule has 0 bridgehead atoms. The average molecular weight is 362 g/mol. The van der Waals surface area contributed by atoms with Crippen molar-refractivity contribution in [2.75, 3.05) is 6.61 Å². The number of carbonyl (C=O) groups excluding carboxylic acids is 4. The fraction of sp³-hybridized carbons (Fsp3) is 0.529. The van der Waals surface area contributed by atoms with Gasteiger partial charge in [-0.1, -0.05) is 6.92 Å². The number of nitrogens with one attached hydrogen (secondary N) is 2. The Morgan fingerprint density at radius 3 is 2.65 bits per heavy atom. The Labute approximate surface area is 150 Å². The third-order valence-electron chi connectivity index (χ3n) is 5.01. The number of imide groups is 1. The molecule has 0 aromatic carbocycles. The zero-order valence-corrected chi connectivity index (χ0v) is 14.8. The second kappa shape index (κ2) is 6.81. The van der Waals surface area contributed by atoms with E-state index in [1.165, 1.54) is 0 Å². The smallest absolute Gasteiger partial charge is 0.355 e. The SMILES string of the molecule is CC1CCC2(CC1)NC(=O)N(NC(=O)COC(=O)c1cccn1C)C2=O. The maximum atomic E-state index is 12.6. The van der Waals surface area contributed by atoms with Crippen LogP contribution in [0.3, 0.4) is 0 Å². The summed E-state index contributed by atoms with van der Waals surface area (Å²) in [5.41, 5.74) is 1.59. The first kappa shape index (κ1) is 18.0. The van der Waals surface area contributed by atoms with Gasteiger partial charge in [0, 0.05) is 13.2 Å². The summed E-state index contributed by atoms with van der Waals surface area (Å²) in [4.78, 5) is 48.6. The summed E-state index contributed by atoms with van der Waals surface area (Å²) in [5.74, 6) is -1.37. The molecule has 0 radical (unpaired) electrons. The molecule has 1 aromatic heterocycles. The van der Waals surface area contributed by atoms with Gasteiger partial charge in [-0.25, -0.2) is 9.59 Å².